The summed E-state index contributed by atoms with van der Waals surface area (Å²) < 4.78 is 31.2. The van der Waals surface area contributed by atoms with Crippen molar-refractivity contribution in [2.45, 2.75) is 24.2 Å². The van der Waals surface area contributed by atoms with Gasteiger partial charge < -0.3 is 4.74 Å². The summed E-state index contributed by atoms with van der Waals surface area (Å²) in [4.78, 5) is 2.73. The number of nitrogens with zero attached hydrogens (tertiary/aromatic N) is 2. The summed E-state index contributed by atoms with van der Waals surface area (Å²) in [5.74, 6) is 1.47. The lowest BCUT2D eigenvalue weighted by molar-refractivity contribution is 0.155. The summed E-state index contributed by atoms with van der Waals surface area (Å²) in [7, 11) is -0.329. The van der Waals surface area contributed by atoms with Gasteiger partial charge in [-0.3, -0.25) is 4.90 Å². The van der Waals surface area contributed by atoms with Crippen molar-refractivity contribution in [2.75, 3.05) is 40.3 Å². The van der Waals surface area contributed by atoms with Crippen LogP contribution in [0.25, 0.3) is 0 Å². The number of piperidine rings is 1. The lowest BCUT2D eigenvalue weighted by Crippen LogP contribution is -2.37. The van der Waals surface area contributed by atoms with E-state index in [1.807, 2.05) is 0 Å². The van der Waals surface area contributed by atoms with Gasteiger partial charge in [0, 0.05) is 20.6 Å². The van der Waals surface area contributed by atoms with Gasteiger partial charge in [0.1, 0.15) is 12.4 Å². The molecule has 28 heavy (non-hydrogen) atoms. The van der Waals surface area contributed by atoms with Crippen molar-refractivity contribution in [1.82, 2.24) is 9.21 Å². The van der Waals surface area contributed by atoms with Gasteiger partial charge in [-0.1, -0.05) is 30.3 Å². The van der Waals surface area contributed by atoms with Crippen molar-refractivity contribution < 1.29 is 13.2 Å². The van der Waals surface area contributed by atoms with Crippen molar-refractivity contribution in [2.24, 2.45) is 5.92 Å². The van der Waals surface area contributed by atoms with E-state index in [4.69, 9.17) is 4.74 Å². The van der Waals surface area contributed by atoms with E-state index in [0.29, 0.717) is 12.4 Å². The largest absolute Gasteiger partial charge is 0.492 e. The Labute approximate surface area is 169 Å². The van der Waals surface area contributed by atoms with Gasteiger partial charge in [0.25, 0.3) is 0 Å². The molecular formula is C22H30N2O3S. The maximum absolute atomic E-state index is 12.1. The fourth-order valence-corrected chi connectivity index (χ4v) is 4.47. The molecule has 0 spiro atoms. The molecule has 0 N–H and O–H groups in total. The van der Waals surface area contributed by atoms with Crippen LogP contribution in [0, 0.1) is 5.92 Å². The lowest BCUT2D eigenvalue weighted by atomic mass is 9.90. The van der Waals surface area contributed by atoms with Crippen molar-refractivity contribution in [3.05, 3.63) is 60.2 Å². The Bertz CT molecular complexity index is 828. The molecule has 0 unspecified atom stereocenters. The fraction of sp³-hybridized carbons (Fsp3) is 0.455. The molecule has 0 aromatic heterocycles. The zero-order valence-electron chi connectivity index (χ0n) is 16.8. The second-order valence-electron chi connectivity index (χ2n) is 7.58. The molecule has 0 bridgehead atoms. The molecule has 5 nitrogen and oxygen atoms in total. The summed E-state index contributed by atoms with van der Waals surface area (Å²) in [6.07, 6.45) is 3.63. The van der Waals surface area contributed by atoms with Gasteiger partial charge in [0.05, 0.1) is 4.90 Å². The summed E-state index contributed by atoms with van der Waals surface area (Å²) in [5, 5.41) is 0. The third kappa shape index (κ3) is 5.56. The van der Waals surface area contributed by atoms with Crippen LogP contribution in [-0.4, -0.2) is 58.0 Å². The van der Waals surface area contributed by atoms with Crippen molar-refractivity contribution >= 4 is 10.0 Å². The molecule has 0 radical (unpaired) electrons. The maximum Gasteiger partial charge on any atom is 0.242 e. The van der Waals surface area contributed by atoms with E-state index in [1.165, 1.54) is 43.2 Å². The Balaban J connectivity index is 1.39. The minimum atomic E-state index is -3.39. The highest BCUT2D eigenvalue weighted by Gasteiger charge is 2.19. The fourth-order valence-electron chi connectivity index (χ4n) is 3.57. The molecular weight excluding hydrogens is 372 g/mol. The second-order valence-corrected chi connectivity index (χ2v) is 9.73. The van der Waals surface area contributed by atoms with E-state index in [0.717, 1.165) is 25.6 Å². The van der Waals surface area contributed by atoms with E-state index in [1.54, 1.807) is 24.3 Å². The zero-order valence-corrected chi connectivity index (χ0v) is 17.6. The van der Waals surface area contributed by atoms with Gasteiger partial charge in [-0.25, -0.2) is 12.7 Å². The van der Waals surface area contributed by atoms with E-state index >= 15 is 0 Å². The molecule has 1 aliphatic heterocycles. The summed E-state index contributed by atoms with van der Waals surface area (Å²) in [6, 6.07) is 17.4. The summed E-state index contributed by atoms with van der Waals surface area (Å²) >= 11 is 0. The number of hydrogen-bond acceptors (Lipinski definition) is 4. The first kappa shape index (κ1) is 20.8. The van der Waals surface area contributed by atoms with Crippen LogP contribution in [0.1, 0.15) is 18.4 Å². The van der Waals surface area contributed by atoms with Crippen molar-refractivity contribution in [1.29, 1.82) is 0 Å². The average molecular weight is 403 g/mol. The molecule has 0 saturated carbocycles. The lowest BCUT2D eigenvalue weighted by Gasteiger charge is -2.31. The number of rotatable bonds is 8. The van der Waals surface area contributed by atoms with Crippen LogP contribution in [-0.2, 0) is 16.4 Å². The Hall–Kier alpha value is -1.89. The predicted octanol–water partition coefficient (Wildman–Crippen LogP) is 3.27. The summed E-state index contributed by atoms with van der Waals surface area (Å²) in [5.41, 5.74) is 1.43. The van der Waals surface area contributed by atoms with Gasteiger partial charge in [0.2, 0.25) is 10.0 Å². The first-order chi connectivity index (χ1) is 13.4. The minimum Gasteiger partial charge on any atom is -0.492 e. The smallest absolute Gasteiger partial charge is 0.242 e. The molecule has 6 heteroatoms. The Morgan fingerprint density at radius 1 is 1.00 bits per heavy atom. The van der Waals surface area contributed by atoms with Crippen LogP contribution in [0.3, 0.4) is 0 Å². The summed E-state index contributed by atoms with van der Waals surface area (Å²) in [6.45, 7) is 3.74. The normalized spacial score (nSPS) is 16.4. The second kappa shape index (κ2) is 9.54. The SMILES string of the molecule is CN(C)S(=O)(=O)c1ccc(OCCN2CCC(Cc3ccccc3)CC2)cc1. The van der Waals surface area contributed by atoms with E-state index in [9.17, 15) is 8.42 Å². The number of sulfonamides is 1. The molecule has 0 atom stereocenters. The topological polar surface area (TPSA) is 49.9 Å². The highest BCUT2D eigenvalue weighted by molar-refractivity contribution is 7.89. The van der Waals surface area contributed by atoms with Gasteiger partial charge in [-0.15, -0.1) is 0 Å². The van der Waals surface area contributed by atoms with Crippen LogP contribution in [0.5, 0.6) is 5.75 Å². The molecule has 0 amide bonds. The molecule has 152 valence electrons. The van der Waals surface area contributed by atoms with Crippen LogP contribution < -0.4 is 4.74 Å². The van der Waals surface area contributed by atoms with Crippen LogP contribution >= 0.6 is 0 Å². The van der Waals surface area contributed by atoms with Crippen LogP contribution in [0.15, 0.2) is 59.5 Å². The standard InChI is InChI=1S/C22H30N2O3S/c1-23(2)28(25,26)22-10-8-21(9-11-22)27-17-16-24-14-12-20(13-15-24)18-19-6-4-3-5-7-19/h3-11,20H,12-18H2,1-2H3. The van der Waals surface area contributed by atoms with Gasteiger partial charge in [0.15, 0.2) is 0 Å². The van der Waals surface area contributed by atoms with Crippen molar-refractivity contribution in [3.8, 4) is 5.75 Å². The molecule has 1 fully saturated rings. The molecule has 0 aliphatic carbocycles. The minimum absolute atomic E-state index is 0.283. The quantitative estimate of drug-likeness (QED) is 0.680. The Morgan fingerprint density at radius 2 is 1.64 bits per heavy atom. The monoisotopic (exact) mass is 402 g/mol. The van der Waals surface area contributed by atoms with Crippen molar-refractivity contribution in [3.63, 3.8) is 0 Å². The van der Waals surface area contributed by atoms with E-state index in [2.05, 4.69) is 35.2 Å². The molecule has 3 rings (SSSR count). The molecule has 1 saturated heterocycles. The highest BCUT2D eigenvalue weighted by atomic mass is 32.2. The third-order valence-corrected chi connectivity index (χ3v) is 7.18. The van der Waals surface area contributed by atoms with E-state index in [-0.39, 0.29) is 4.90 Å². The number of benzene rings is 2. The van der Waals surface area contributed by atoms with Crippen LogP contribution in [0.4, 0.5) is 0 Å². The zero-order chi connectivity index (χ0) is 20.0. The number of ether oxygens (including phenoxy) is 1. The molecule has 1 heterocycles. The predicted molar refractivity (Wildman–Crippen MR) is 112 cm³/mol. The van der Waals surface area contributed by atoms with Crippen LogP contribution in [0.2, 0.25) is 0 Å². The average Bonchev–Trinajstić information content (AvgIpc) is 2.70. The maximum atomic E-state index is 12.1. The Morgan fingerprint density at radius 3 is 2.25 bits per heavy atom. The molecule has 1 aliphatic rings. The number of likely N-dealkylation sites (tertiary alicyclic amines) is 1. The van der Waals surface area contributed by atoms with Gasteiger partial charge >= 0.3 is 0 Å². The highest BCUT2D eigenvalue weighted by Crippen LogP contribution is 2.22. The van der Waals surface area contributed by atoms with E-state index < -0.39 is 10.0 Å². The van der Waals surface area contributed by atoms with Gasteiger partial charge in [-0.2, -0.15) is 0 Å². The third-order valence-electron chi connectivity index (χ3n) is 5.35. The first-order valence-corrected chi connectivity index (χ1v) is 11.3. The first-order valence-electron chi connectivity index (χ1n) is 9.87. The molecule has 2 aromatic rings. The van der Waals surface area contributed by atoms with Gasteiger partial charge in [-0.05, 0) is 68.1 Å². The molecule has 2 aromatic carbocycles. The number of hydrogen-bond donors (Lipinski definition) is 0. The Kier molecular flexibility index (Phi) is 7.10.